The third-order valence-corrected chi connectivity index (χ3v) is 8.28. The largest absolute Gasteiger partial charge is 0.497 e. The molecule has 2 aliphatic heterocycles. The van der Waals surface area contributed by atoms with Gasteiger partial charge in [0.2, 0.25) is 0 Å². The predicted molar refractivity (Wildman–Crippen MR) is 157 cm³/mol. The van der Waals surface area contributed by atoms with E-state index in [-0.39, 0.29) is 41.7 Å². The van der Waals surface area contributed by atoms with Crippen LogP contribution in [0.15, 0.2) is 48.5 Å². The number of anilines is 1. The maximum Gasteiger partial charge on any atom is 0.387 e. The van der Waals surface area contributed by atoms with Gasteiger partial charge in [0.15, 0.2) is 0 Å². The summed E-state index contributed by atoms with van der Waals surface area (Å²) in [6.07, 6.45) is 1.63. The number of nitrogens with zero attached hydrogens (tertiary/aromatic N) is 3. The number of likely N-dealkylation sites (tertiary alicyclic amines) is 1. The molecule has 3 heterocycles. The molecule has 13 heteroatoms. The number of hydrogen-bond acceptors (Lipinski definition) is 7. The van der Waals surface area contributed by atoms with E-state index in [1.54, 1.807) is 6.07 Å². The van der Waals surface area contributed by atoms with Crippen LogP contribution in [0, 0.1) is 18.6 Å². The number of aliphatic hydroxyl groups is 1. The van der Waals surface area contributed by atoms with Crippen molar-refractivity contribution >= 4 is 17.6 Å². The normalized spacial score (nSPS) is 19.3. The molecular formula is C32H34F4N4O5. The molecule has 0 saturated carbocycles. The zero-order valence-electron chi connectivity index (χ0n) is 24.8. The first-order chi connectivity index (χ1) is 21.6. The van der Waals surface area contributed by atoms with Crippen molar-refractivity contribution in [2.24, 2.45) is 0 Å². The number of aryl methyl sites for hydroxylation is 1. The molecular weight excluding hydrogens is 596 g/mol. The van der Waals surface area contributed by atoms with Gasteiger partial charge in [-0.2, -0.15) is 8.78 Å². The Kier molecular flexibility index (Phi) is 9.88. The number of β-amino-alcohol motifs (C(OH)–C–C–N with tert-alkyl or cyclic N) is 1. The van der Waals surface area contributed by atoms with Crippen LogP contribution in [0.2, 0.25) is 0 Å². The molecule has 240 valence electrons. The van der Waals surface area contributed by atoms with Gasteiger partial charge < -0.3 is 24.8 Å². The number of pyridine rings is 1. The van der Waals surface area contributed by atoms with Crippen molar-refractivity contribution in [2.75, 3.05) is 44.8 Å². The molecule has 5 rings (SSSR count). The van der Waals surface area contributed by atoms with Crippen LogP contribution in [0.5, 0.6) is 11.5 Å². The van der Waals surface area contributed by atoms with Gasteiger partial charge in [-0.3, -0.25) is 14.5 Å². The Bertz CT molecular complexity index is 1510. The van der Waals surface area contributed by atoms with Crippen LogP contribution < -0.4 is 19.7 Å². The Morgan fingerprint density at radius 1 is 1.07 bits per heavy atom. The van der Waals surface area contributed by atoms with Gasteiger partial charge in [0.25, 0.3) is 11.8 Å². The van der Waals surface area contributed by atoms with E-state index in [1.165, 1.54) is 36.3 Å². The van der Waals surface area contributed by atoms with Crippen LogP contribution in [-0.2, 0) is 4.79 Å². The zero-order chi connectivity index (χ0) is 32.2. The summed E-state index contributed by atoms with van der Waals surface area (Å²) in [7, 11) is 1.27. The molecule has 2 fully saturated rings. The number of alkyl halides is 2. The predicted octanol–water partition coefficient (Wildman–Crippen LogP) is 4.38. The number of halogens is 4. The molecule has 1 unspecified atom stereocenters. The minimum atomic E-state index is -3.04. The SMILES string of the molecule is COc1cc(F)c([C@@H]2CN(c3cc(C)cc(C4CCN(CCO)CC4)n3)C(=O)C2NC(=O)c2ccc(OC(F)F)cc2)c(F)c1. The summed E-state index contributed by atoms with van der Waals surface area (Å²) in [6, 6.07) is 9.16. The summed E-state index contributed by atoms with van der Waals surface area (Å²) in [5, 5.41) is 11.9. The lowest BCUT2D eigenvalue weighted by atomic mass is 9.92. The second kappa shape index (κ2) is 13.8. The van der Waals surface area contributed by atoms with Crippen molar-refractivity contribution in [3.8, 4) is 11.5 Å². The average molecular weight is 631 g/mol. The van der Waals surface area contributed by atoms with E-state index >= 15 is 8.78 Å². The molecule has 1 aromatic heterocycles. The summed E-state index contributed by atoms with van der Waals surface area (Å²) in [4.78, 5) is 35.5. The Morgan fingerprint density at radius 3 is 2.33 bits per heavy atom. The van der Waals surface area contributed by atoms with Gasteiger partial charge in [-0.25, -0.2) is 13.8 Å². The number of amides is 2. The van der Waals surface area contributed by atoms with Gasteiger partial charge >= 0.3 is 6.61 Å². The monoisotopic (exact) mass is 630 g/mol. The van der Waals surface area contributed by atoms with Crippen molar-refractivity contribution in [3.05, 3.63) is 82.5 Å². The molecule has 2 N–H and O–H groups in total. The van der Waals surface area contributed by atoms with E-state index in [2.05, 4.69) is 15.0 Å². The van der Waals surface area contributed by atoms with Crippen molar-refractivity contribution in [1.82, 2.24) is 15.2 Å². The average Bonchev–Trinajstić information content (AvgIpc) is 3.32. The van der Waals surface area contributed by atoms with E-state index in [0.717, 1.165) is 49.3 Å². The highest BCUT2D eigenvalue weighted by molar-refractivity contribution is 6.04. The van der Waals surface area contributed by atoms with Crippen LogP contribution in [-0.4, -0.2) is 79.4 Å². The number of ether oxygens (including phenoxy) is 2. The van der Waals surface area contributed by atoms with Crippen LogP contribution >= 0.6 is 0 Å². The first kappa shape index (κ1) is 32.2. The van der Waals surface area contributed by atoms with Crippen LogP contribution in [0.4, 0.5) is 23.4 Å². The minimum Gasteiger partial charge on any atom is -0.497 e. The fourth-order valence-corrected chi connectivity index (χ4v) is 6.02. The molecule has 0 aliphatic carbocycles. The fourth-order valence-electron chi connectivity index (χ4n) is 6.02. The maximum absolute atomic E-state index is 15.4. The number of benzene rings is 2. The van der Waals surface area contributed by atoms with Gasteiger partial charge in [-0.15, -0.1) is 0 Å². The number of aliphatic hydroxyl groups excluding tert-OH is 1. The fraction of sp³-hybridized carbons (Fsp3) is 0.406. The number of piperidine rings is 1. The Morgan fingerprint density at radius 2 is 1.73 bits per heavy atom. The quantitative estimate of drug-likeness (QED) is 0.321. The van der Waals surface area contributed by atoms with Crippen molar-refractivity contribution in [1.29, 1.82) is 0 Å². The van der Waals surface area contributed by atoms with Gasteiger partial charge in [0.1, 0.15) is 35.0 Å². The zero-order valence-corrected chi connectivity index (χ0v) is 24.8. The Labute approximate surface area is 257 Å². The van der Waals surface area contributed by atoms with E-state index in [4.69, 9.17) is 9.72 Å². The number of nitrogens with one attached hydrogen (secondary N) is 1. The van der Waals surface area contributed by atoms with Crippen LogP contribution in [0.1, 0.15) is 51.9 Å². The van der Waals surface area contributed by atoms with Crippen molar-refractivity contribution in [3.63, 3.8) is 0 Å². The Hall–Kier alpha value is -4.23. The van der Waals surface area contributed by atoms with E-state index in [9.17, 15) is 23.5 Å². The highest BCUT2D eigenvalue weighted by Gasteiger charge is 2.46. The number of rotatable bonds is 10. The molecule has 45 heavy (non-hydrogen) atoms. The molecule has 2 aromatic carbocycles. The molecule has 2 saturated heterocycles. The highest BCUT2D eigenvalue weighted by atomic mass is 19.3. The lowest BCUT2D eigenvalue weighted by Gasteiger charge is -2.31. The van der Waals surface area contributed by atoms with E-state index in [1.807, 2.05) is 13.0 Å². The van der Waals surface area contributed by atoms with Gasteiger partial charge in [0.05, 0.1) is 13.7 Å². The smallest absolute Gasteiger partial charge is 0.387 e. The molecule has 2 amide bonds. The number of carbonyl (C=O) groups excluding carboxylic acids is 2. The van der Waals surface area contributed by atoms with Crippen LogP contribution in [0.3, 0.4) is 0 Å². The summed E-state index contributed by atoms with van der Waals surface area (Å²) in [5.74, 6) is -4.15. The second-order valence-electron chi connectivity index (χ2n) is 11.2. The van der Waals surface area contributed by atoms with E-state index < -0.39 is 42.0 Å². The van der Waals surface area contributed by atoms with Crippen LogP contribution in [0.25, 0.3) is 0 Å². The number of methoxy groups -OCH3 is 1. The molecule has 0 radical (unpaired) electrons. The molecule has 3 aromatic rings. The first-order valence-corrected chi connectivity index (χ1v) is 14.6. The summed E-state index contributed by atoms with van der Waals surface area (Å²) in [5.41, 5.74) is 1.28. The number of carbonyl (C=O) groups is 2. The first-order valence-electron chi connectivity index (χ1n) is 14.6. The van der Waals surface area contributed by atoms with Gasteiger partial charge in [-0.1, -0.05) is 0 Å². The second-order valence-corrected chi connectivity index (χ2v) is 11.2. The van der Waals surface area contributed by atoms with Gasteiger partial charge in [0, 0.05) is 53.9 Å². The Balaban J connectivity index is 1.45. The number of aromatic nitrogens is 1. The summed E-state index contributed by atoms with van der Waals surface area (Å²) < 4.78 is 65.2. The molecule has 2 aliphatic rings. The van der Waals surface area contributed by atoms with Gasteiger partial charge in [-0.05, 0) is 74.8 Å². The molecule has 0 bridgehead atoms. The number of hydrogen-bond donors (Lipinski definition) is 2. The minimum absolute atomic E-state index is 0.0285. The van der Waals surface area contributed by atoms with Crippen molar-refractivity contribution in [2.45, 2.75) is 44.3 Å². The summed E-state index contributed by atoms with van der Waals surface area (Å²) >= 11 is 0. The highest BCUT2D eigenvalue weighted by Crippen LogP contribution is 2.37. The lowest BCUT2D eigenvalue weighted by Crippen LogP contribution is -2.44. The maximum atomic E-state index is 15.4. The molecule has 0 spiro atoms. The third-order valence-electron chi connectivity index (χ3n) is 8.28. The summed E-state index contributed by atoms with van der Waals surface area (Å²) in [6.45, 7) is 0.924. The third kappa shape index (κ3) is 7.20. The standard InChI is InChI=1S/C32H34F4N4O5/c1-18-13-26(19-7-9-39(10-8-19)11-12-41)37-27(14-18)40-17-23(28-24(33)15-22(44-2)16-25(28)34)29(31(40)43)38-30(42)20-3-5-21(6-4-20)45-32(35)36/h3-6,13-16,19,23,29,32,41H,7-12,17H2,1-2H3,(H,38,42)/t23-,29?/m0/s1. The molecule has 9 nitrogen and oxygen atoms in total. The van der Waals surface area contributed by atoms with E-state index in [0.29, 0.717) is 12.4 Å². The van der Waals surface area contributed by atoms with Crippen molar-refractivity contribution < 1.29 is 41.7 Å². The lowest BCUT2D eigenvalue weighted by molar-refractivity contribution is -0.118. The molecule has 2 atom stereocenters. The topological polar surface area (TPSA) is 104 Å².